The zero-order chi connectivity index (χ0) is 9.26. The van der Waals surface area contributed by atoms with Gasteiger partial charge in [-0.1, -0.05) is 6.07 Å². The third-order valence-corrected chi connectivity index (χ3v) is 3.42. The predicted molar refractivity (Wildman–Crippen MR) is 56.1 cm³/mol. The van der Waals surface area contributed by atoms with Crippen LogP contribution in [0.5, 0.6) is 5.75 Å². The summed E-state index contributed by atoms with van der Waals surface area (Å²) in [5.41, 5.74) is 8.59. The van der Waals surface area contributed by atoms with Crippen molar-refractivity contribution in [3.63, 3.8) is 0 Å². The molecule has 1 aromatic carbocycles. The Bertz CT molecular complexity index is 314. The molecule has 1 aliphatic rings. The highest BCUT2D eigenvalue weighted by Crippen LogP contribution is 2.32. The summed E-state index contributed by atoms with van der Waals surface area (Å²) in [5, 5.41) is 0. The summed E-state index contributed by atoms with van der Waals surface area (Å²) < 4.78 is 5.17. The van der Waals surface area contributed by atoms with Crippen molar-refractivity contribution in [2.24, 2.45) is 5.73 Å². The van der Waals surface area contributed by atoms with E-state index in [-0.39, 0.29) is 6.04 Å². The first-order chi connectivity index (χ1) is 6.31. The van der Waals surface area contributed by atoms with E-state index in [9.17, 15) is 0 Å². The van der Waals surface area contributed by atoms with Crippen molar-refractivity contribution in [3.8, 4) is 5.75 Å². The second-order valence-corrected chi connectivity index (χ2v) is 4.22. The summed E-state index contributed by atoms with van der Waals surface area (Å²) in [6.07, 6.45) is 0. The second-order valence-electron chi connectivity index (χ2n) is 3.19. The van der Waals surface area contributed by atoms with E-state index in [0.29, 0.717) is 0 Å². The number of hydrogen-bond acceptors (Lipinski definition) is 3. The summed E-state index contributed by atoms with van der Waals surface area (Å²) >= 11 is 1.89. The molecule has 13 heavy (non-hydrogen) atoms. The Hall–Kier alpha value is -0.670. The number of fused-ring (bicyclic) bond motifs is 1. The van der Waals surface area contributed by atoms with Gasteiger partial charge in [0.1, 0.15) is 5.75 Å². The minimum atomic E-state index is 0.170. The van der Waals surface area contributed by atoms with Crippen LogP contribution in [0.3, 0.4) is 0 Å². The Morgan fingerprint density at radius 2 is 2.38 bits per heavy atom. The van der Waals surface area contributed by atoms with Crippen molar-refractivity contribution in [2.45, 2.75) is 11.8 Å². The molecule has 2 rings (SSSR count). The topological polar surface area (TPSA) is 35.2 Å². The van der Waals surface area contributed by atoms with Crippen LogP contribution in [0.2, 0.25) is 0 Å². The molecule has 0 saturated carbocycles. The van der Waals surface area contributed by atoms with Gasteiger partial charge in [0.15, 0.2) is 0 Å². The second kappa shape index (κ2) is 3.60. The van der Waals surface area contributed by atoms with Gasteiger partial charge in [-0.05, 0) is 23.3 Å². The molecule has 1 aliphatic heterocycles. The van der Waals surface area contributed by atoms with Crippen LogP contribution < -0.4 is 10.5 Å². The Morgan fingerprint density at radius 3 is 3.15 bits per heavy atom. The Labute approximate surface area is 82.5 Å². The van der Waals surface area contributed by atoms with Crippen molar-refractivity contribution < 1.29 is 4.74 Å². The molecule has 0 fully saturated rings. The summed E-state index contributed by atoms with van der Waals surface area (Å²) in [7, 11) is 1.69. The molecule has 2 N–H and O–H groups in total. The summed E-state index contributed by atoms with van der Waals surface area (Å²) in [5.74, 6) is 2.99. The molecule has 0 radical (unpaired) electrons. The van der Waals surface area contributed by atoms with Crippen LogP contribution in [-0.2, 0) is 5.75 Å². The number of methoxy groups -OCH3 is 1. The van der Waals surface area contributed by atoms with E-state index in [1.54, 1.807) is 7.11 Å². The van der Waals surface area contributed by atoms with E-state index in [4.69, 9.17) is 10.5 Å². The molecular weight excluding hydrogens is 182 g/mol. The van der Waals surface area contributed by atoms with Gasteiger partial charge in [0.2, 0.25) is 0 Å². The largest absolute Gasteiger partial charge is 0.497 e. The zero-order valence-electron chi connectivity index (χ0n) is 7.62. The fourth-order valence-corrected chi connectivity index (χ4v) is 2.60. The lowest BCUT2D eigenvalue weighted by Gasteiger charge is -2.22. The number of ether oxygens (including phenoxy) is 1. The lowest BCUT2D eigenvalue weighted by atomic mass is 10.0. The highest BCUT2D eigenvalue weighted by Gasteiger charge is 2.17. The van der Waals surface area contributed by atoms with E-state index >= 15 is 0 Å². The van der Waals surface area contributed by atoms with Gasteiger partial charge in [0.05, 0.1) is 7.11 Å². The number of rotatable bonds is 1. The minimum absolute atomic E-state index is 0.170. The van der Waals surface area contributed by atoms with Gasteiger partial charge in [0, 0.05) is 17.5 Å². The number of benzene rings is 1. The van der Waals surface area contributed by atoms with E-state index in [2.05, 4.69) is 12.1 Å². The minimum Gasteiger partial charge on any atom is -0.497 e. The average molecular weight is 195 g/mol. The van der Waals surface area contributed by atoms with E-state index < -0.39 is 0 Å². The van der Waals surface area contributed by atoms with Crippen molar-refractivity contribution in [1.29, 1.82) is 0 Å². The van der Waals surface area contributed by atoms with Crippen LogP contribution in [0.25, 0.3) is 0 Å². The Morgan fingerprint density at radius 1 is 1.54 bits per heavy atom. The lowest BCUT2D eigenvalue weighted by Crippen LogP contribution is -2.18. The highest BCUT2D eigenvalue weighted by atomic mass is 32.2. The SMILES string of the molecule is COc1ccc2c(c1)C(N)CSC2. The van der Waals surface area contributed by atoms with Crippen LogP contribution in [0, 0.1) is 0 Å². The molecule has 0 bridgehead atoms. The molecule has 70 valence electrons. The molecule has 1 unspecified atom stereocenters. The van der Waals surface area contributed by atoms with Crippen LogP contribution in [0.15, 0.2) is 18.2 Å². The van der Waals surface area contributed by atoms with Gasteiger partial charge in [0.25, 0.3) is 0 Å². The predicted octanol–water partition coefficient (Wildman–Crippen LogP) is 1.94. The fourth-order valence-electron chi connectivity index (χ4n) is 1.56. The quantitative estimate of drug-likeness (QED) is 0.743. The third-order valence-electron chi connectivity index (χ3n) is 2.31. The number of nitrogens with two attached hydrogens (primary N) is 1. The first-order valence-electron chi connectivity index (χ1n) is 4.31. The van der Waals surface area contributed by atoms with Gasteiger partial charge in [-0.15, -0.1) is 0 Å². The molecular formula is C10H13NOS. The average Bonchev–Trinajstić information content (AvgIpc) is 2.18. The molecule has 3 heteroatoms. The van der Waals surface area contributed by atoms with Gasteiger partial charge in [-0.3, -0.25) is 0 Å². The van der Waals surface area contributed by atoms with E-state index in [0.717, 1.165) is 17.3 Å². The smallest absolute Gasteiger partial charge is 0.119 e. The van der Waals surface area contributed by atoms with Crippen molar-refractivity contribution in [3.05, 3.63) is 29.3 Å². The van der Waals surface area contributed by atoms with Gasteiger partial charge < -0.3 is 10.5 Å². The first-order valence-corrected chi connectivity index (χ1v) is 5.47. The molecule has 0 spiro atoms. The molecule has 0 aliphatic carbocycles. The van der Waals surface area contributed by atoms with Crippen LogP contribution >= 0.6 is 11.8 Å². The molecule has 1 atom stereocenters. The van der Waals surface area contributed by atoms with Crippen molar-refractivity contribution >= 4 is 11.8 Å². The summed E-state index contributed by atoms with van der Waals surface area (Å²) in [6, 6.07) is 6.33. The lowest BCUT2D eigenvalue weighted by molar-refractivity contribution is 0.413. The molecule has 0 amide bonds. The normalized spacial score (nSPS) is 20.9. The fraction of sp³-hybridized carbons (Fsp3) is 0.400. The van der Waals surface area contributed by atoms with Crippen LogP contribution in [-0.4, -0.2) is 12.9 Å². The number of thioether (sulfide) groups is 1. The van der Waals surface area contributed by atoms with Gasteiger partial charge >= 0.3 is 0 Å². The zero-order valence-corrected chi connectivity index (χ0v) is 8.43. The standard InChI is InChI=1S/C10H13NOS/c1-12-8-3-2-7-5-13-6-10(11)9(7)4-8/h2-4,10H,5-6,11H2,1H3. The van der Waals surface area contributed by atoms with E-state index in [1.807, 2.05) is 17.8 Å². The van der Waals surface area contributed by atoms with E-state index in [1.165, 1.54) is 11.1 Å². The van der Waals surface area contributed by atoms with Crippen molar-refractivity contribution in [1.82, 2.24) is 0 Å². The van der Waals surface area contributed by atoms with Crippen LogP contribution in [0.4, 0.5) is 0 Å². The highest BCUT2D eigenvalue weighted by molar-refractivity contribution is 7.98. The number of hydrogen-bond donors (Lipinski definition) is 1. The molecule has 0 aromatic heterocycles. The third kappa shape index (κ3) is 1.67. The van der Waals surface area contributed by atoms with Crippen molar-refractivity contribution in [2.75, 3.05) is 12.9 Å². The molecule has 2 nitrogen and oxygen atoms in total. The molecule has 1 aromatic rings. The van der Waals surface area contributed by atoms with Gasteiger partial charge in [-0.25, -0.2) is 0 Å². The van der Waals surface area contributed by atoms with Gasteiger partial charge in [-0.2, -0.15) is 11.8 Å². The Balaban J connectivity index is 2.41. The molecule has 0 saturated heterocycles. The van der Waals surface area contributed by atoms with Crippen LogP contribution in [0.1, 0.15) is 17.2 Å². The molecule has 1 heterocycles. The maximum absolute atomic E-state index is 5.99. The Kier molecular flexibility index (Phi) is 2.47. The summed E-state index contributed by atoms with van der Waals surface area (Å²) in [4.78, 5) is 0. The maximum atomic E-state index is 5.99. The first kappa shape index (κ1) is 8.91. The maximum Gasteiger partial charge on any atom is 0.119 e. The summed E-state index contributed by atoms with van der Waals surface area (Å²) in [6.45, 7) is 0. The monoisotopic (exact) mass is 195 g/mol.